The van der Waals surface area contributed by atoms with Crippen LogP contribution in [0.15, 0.2) is 65.4 Å². The van der Waals surface area contributed by atoms with E-state index in [1.54, 1.807) is 35.4 Å². The Bertz CT molecular complexity index is 990. The number of nitrogens with one attached hydrogen (secondary N) is 1. The molecule has 0 spiro atoms. The zero-order chi connectivity index (χ0) is 20.9. The van der Waals surface area contributed by atoms with Crippen molar-refractivity contribution < 1.29 is 18.7 Å². The molecule has 7 heteroatoms. The molecule has 2 amide bonds. The summed E-state index contributed by atoms with van der Waals surface area (Å²) in [4.78, 5) is 30.9. The summed E-state index contributed by atoms with van der Waals surface area (Å²) in [5, 5.41) is 2.90. The average Bonchev–Trinajstić information content (AvgIpc) is 3.31. The van der Waals surface area contributed by atoms with Gasteiger partial charge < -0.3 is 19.4 Å². The number of hydrogen-bond donors (Lipinski definition) is 1. The second kappa shape index (κ2) is 8.82. The first-order valence-electron chi connectivity index (χ1n) is 9.93. The van der Waals surface area contributed by atoms with Gasteiger partial charge in [0.15, 0.2) is 5.76 Å². The molecular formula is C23H23N3O4. The lowest BCUT2D eigenvalue weighted by Crippen LogP contribution is -2.41. The Morgan fingerprint density at radius 2 is 1.87 bits per heavy atom. The number of furan rings is 1. The van der Waals surface area contributed by atoms with Gasteiger partial charge in [-0.15, -0.1) is 0 Å². The summed E-state index contributed by atoms with van der Waals surface area (Å²) < 4.78 is 10.9. The Hall–Kier alpha value is -3.61. The van der Waals surface area contributed by atoms with Crippen molar-refractivity contribution in [3.8, 4) is 11.6 Å². The molecule has 0 radical (unpaired) electrons. The molecule has 0 bridgehead atoms. The third-order valence-corrected chi connectivity index (χ3v) is 5.13. The van der Waals surface area contributed by atoms with Gasteiger partial charge in [0.05, 0.1) is 18.1 Å². The van der Waals surface area contributed by atoms with Crippen LogP contribution in [0.4, 0.5) is 5.69 Å². The Kier molecular flexibility index (Phi) is 5.79. The zero-order valence-corrected chi connectivity index (χ0v) is 16.7. The highest BCUT2D eigenvalue weighted by molar-refractivity contribution is 5.93. The summed E-state index contributed by atoms with van der Waals surface area (Å²) in [5.74, 6) is 1.16. The predicted octanol–water partition coefficient (Wildman–Crippen LogP) is 4.27. The normalized spacial score (nSPS) is 14.4. The van der Waals surface area contributed by atoms with E-state index in [2.05, 4.69) is 10.3 Å². The average molecular weight is 405 g/mol. The van der Waals surface area contributed by atoms with E-state index in [1.165, 1.54) is 6.26 Å². The van der Waals surface area contributed by atoms with Crippen LogP contribution in [0.1, 0.15) is 29.0 Å². The SMILES string of the molecule is Cc1ccc(Oc2ccc(NC(=O)C3CCN(C(=O)c4ccco4)CC3)cn2)cc1. The molecule has 1 saturated heterocycles. The number of rotatable bonds is 5. The van der Waals surface area contributed by atoms with Gasteiger partial charge in [-0.1, -0.05) is 17.7 Å². The number of nitrogens with zero attached hydrogens (tertiary/aromatic N) is 2. The van der Waals surface area contributed by atoms with E-state index < -0.39 is 0 Å². The molecule has 2 aromatic heterocycles. The quantitative estimate of drug-likeness (QED) is 0.685. The van der Waals surface area contributed by atoms with Gasteiger partial charge in [0.1, 0.15) is 5.75 Å². The lowest BCUT2D eigenvalue weighted by Gasteiger charge is -2.30. The summed E-state index contributed by atoms with van der Waals surface area (Å²) in [6, 6.07) is 14.5. The van der Waals surface area contributed by atoms with Gasteiger partial charge >= 0.3 is 0 Å². The highest BCUT2D eigenvalue weighted by Crippen LogP contribution is 2.23. The first-order valence-corrected chi connectivity index (χ1v) is 9.93. The van der Waals surface area contributed by atoms with Crippen molar-refractivity contribution in [1.29, 1.82) is 0 Å². The minimum Gasteiger partial charge on any atom is -0.459 e. The number of aryl methyl sites for hydroxylation is 1. The van der Waals surface area contributed by atoms with Gasteiger partial charge in [-0.3, -0.25) is 9.59 Å². The third kappa shape index (κ3) is 4.68. The number of carbonyl (C=O) groups is 2. The summed E-state index contributed by atoms with van der Waals surface area (Å²) in [6.45, 7) is 3.07. The Balaban J connectivity index is 1.28. The van der Waals surface area contributed by atoms with Gasteiger partial charge in [0, 0.05) is 25.1 Å². The molecule has 0 atom stereocenters. The lowest BCUT2D eigenvalue weighted by atomic mass is 9.95. The first kappa shape index (κ1) is 19.7. The number of benzene rings is 1. The topological polar surface area (TPSA) is 84.7 Å². The maximum Gasteiger partial charge on any atom is 0.289 e. The second-order valence-electron chi connectivity index (χ2n) is 7.33. The second-order valence-corrected chi connectivity index (χ2v) is 7.33. The van der Waals surface area contributed by atoms with Gasteiger partial charge in [0.2, 0.25) is 11.8 Å². The summed E-state index contributed by atoms with van der Waals surface area (Å²) in [7, 11) is 0. The van der Waals surface area contributed by atoms with Crippen LogP contribution in [-0.2, 0) is 4.79 Å². The van der Waals surface area contributed by atoms with E-state index in [-0.39, 0.29) is 17.7 Å². The van der Waals surface area contributed by atoms with Crippen LogP contribution in [0.5, 0.6) is 11.6 Å². The van der Waals surface area contributed by atoms with Crippen molar-refractivity contribution in [2.75, 3.05) is 18.4 Å². The van der Waals surface area contributed by atoms with Crippen LogP contribution < -0.4 is 10.1 Å². The molecule has 3 aromatic rings. The first-order chi connectivity index (χ1) is 14.6. The van der Waals surface area contributed by atoms with Gasteiger partial charge in [0.25, 0.3) is 5.91 Å². The van der Waals surface area contributed by atoms with Crippen molar-refractivity contribution in [3.63, 3.8) is 0 Å². The molecule has 1 aromatic carbocycles. The van der Waals surface area contributed by atoms with Crippen LogP contribution in [0.3, 0.4) is 0 Å². The molecule has 0 aliphatic carbocycles. The van der Waals surface area contributed by atoms with Gasteiger partial charge in [-0.05, 0) is 50.1 Å². The molecule has 154 valence electrons. The molecule has 7 nitrogen and oxygen atoms in total. The number of ether oxygens (including phenoxy) is 1. The van der Waals surface area contributed by atoms with Crippen LogP contribution in [0, 0.1) is 12.8 Å². The molecule has 30 heavy (non-hydrogen) atoms. The van der Waals surface area contributed by atoms with Crippen LogP contribution in [0.2, 0.25) is 0 Å². The largest absolute Gasteiger partial charge is 0.459 e. The van der Waals surface area contributed by atoms with Crippen molar-refractivity contribution in [2.24, 2.45) is 5.92 Å². The molecular weight excluding hydrogens is 382 g/mol. The fourth-order valence-corrected chi connectivity index (χ4v) is 3.39. The summed E-state index contributed by atoms with van der Waals surface area (Å²) in [5.41, 5.74) is 1.77. The maximum atomic E-state index is 12.6. The highest BCUT2D eigenvalue weighted by Gasteiger charge is 2.28. The molecule has 3 heterocycles. The van der Waals surface area contributed by atoms with E-state index in [9.17, 15) is 9.59 Å². The number of pyridine rings is 1. The van der Waals surface area contributed by atoms with Crippen LogP contribution in [0.25, 0.3) is 0 Å². The number of aromatic nitrogens is 1. The summed E-state index contributed by atoms with van der Waals surface area (Å²) >= 11 is 0. The van der Waals surface area contributed by atoms with Crippen molar-refractivity contribution in [1.82, 2.24) is 9.88 Å². The molecule has 1 fully saturated rings. The van der Waals surface area contributed by atoms with Crippen LogP contribution >= 0.6 is 0 Å². The van der Waals surface area contributed by atoms with Crippen molar-refractivity contribution >= 4 is 17.5 Å². The van der Waals surface area contributed by atoms with Gasteiger partial charge in [-0.25, -0.2) is 4.98 Å². The monoisotopic (exact) mass is 405 g/mol. The maximum absolute atomic E-state index is 12.6. The van der Waals surface area contributed by atoms with E-state index in [0.717, 1.165) is 5.56 Å². The number of piperidine rings is 1. The van der Waals surface area contributed by atoms with E-state index in [4.69, 9.17) is 9.15 Å². The third-order valence-electron chi connectivity index (χ3n) is 5.13. The number of anilines is 1. The van der Waals surface area contributed by atoms with Crippen molar-refractivity contribution in [3.05, 3.63) is 72.3 Å². The predicted molar refractivity (Wildman–Crippen MR) is 111 cm³/mol. The number of carbonyl (C=O) groups excluding carboxylic acids is 2. The van der Waals surface area contributed by atoms with Crippen molar-refractivity contribution in [2.45, 2.75) is 19.8 Å². The highest BCUT2D eigenvalue weighted by atomic mass is 16.5. The van der Waals surface area contributed by atoms with Gasteiger partial charge in [-0.2, -0.15) is 0 Å². The standard InChI is InChI=1S/C23H23N3O4/c1-16-4-7-19(8-5-16)30-21-9-6-18(15-24-21)25-22(27)17-10-12-26(13-11-17)23(28)20-3-2-14-29-20/h2-9,14-15,17H,10-13H2,1H3,(H,25,27). The molecule has 1 N–H and O–H groups in total. The smallest absolute Gasteiger partial charge is 0.289 e. The number of amides is 2. The minimum atomic E-state index is -0.144. The lowest BCUT2D eigenvalue weighted by molar-refractivity contribution is -0.121. The molecule has 1 aliphatic heterocycles. The fraction of sp³-hybridized carbons (Fsp3) is 0.261. The minimum absolute atomic E-state index is 0.0610. The van der Waals surface area contributed by atoms with E-state index in [0.29, 0.717) is 49.0 Å². The molecule has 4 rings (SSSR count). The molecule has 0 unspecified atom stereocenters. The van der Waals surface area contributed by atoms with E-state index in [1.807, 2.05) is 31.2 Å². The summed E-state index contributed by atoms with van der Waals surface area (Å²) in [6.07, 6.45) is 4.29. The molecule has 0 saturated carbocycles. The number of hydrogen-bond acceptors (Lipinski definition) is 5. The van der Waals surface area contributed by atoms with Crippen LogP contribution in [-0.4, -0.2) is 34.8 Å². The zero-order valence-electron chi connectivity index (χ0n) is 16.7. The number of likely N-dealkylation sites (tertiary alicyclic amines) is 1. The Morgan fingerprint density at radius 1 is 1.10 bits per heavy atom. The molecule has 1 aliphatic rings. The Labute approximate surface area is 174 Å². The fourth-order valence-electron chi connectivity index (χ4n) is 3.39. The van der Waals surface area contributed by atoms with E-state index >= 15 is 0 Å². The Morgan fingerprint density at radius 3 is 2.50 bits per heavy atom.